The molecular weight excluding hydrogens is 508 g/mol. The van der Waals surface area contributed by atoms with Crippen molar-refractivity contribution in [3.63, 3.8) is 0 Å². The lowest BCUT2D eigenvalue weighted by Gasteiger charge is -2.26. The first kappa shape index (κ1) is 30.5. The standard InChI is InChI=1S/C32H43ClN4O2/c1-6-16-37(19-24-10-8-9-11-26(24)21(3)7-2)20-25-17-23(12-14-29(25)33)28(18-31(38)39)27-13-15-30(36(5)35)32(34)22(27)4/h8-15,17,21,28H,6-7,16,18-20,34-35H2,1-5H3,(H,38,39). The number of carboxylic acid groups (broad SMARTS) is 1. The summed E-state index contributed by atoms with van der Waals surface area (Å²) >= 11 is 6.73. The molecule has 0 saturated heterocycles. The number of carboxylic acids is 1. The SMILES string of the molecule is CCCN(Cc1cc(C(CC(=O)O)c2ccc(N(C)N)c(N)c2C)ccc1Cl)Cc1ccccc1C(C)CC. The van der Waals surface area contributed by atoms with E-state index in [9.17, 15) is 9.90 Å². The Bertz CT molecular complexity index is 1280. The van der Waals surface area contributed by atoms with Gasteiger partial charge in [0.25, 0.3) is 0 Å². The van der Waals surface area contributed by atoms with Gasteiger partial charge in [-0.3, -0.25) is 9.69 Å². The zero-order chi connectivity index (χ0) is 28.7. The Morgan fingerprint density at radius 2 is 1.72 bits per heavy atom. The zero-order valence-electron chi connectivity index (χ0n) is 23.9. The van der Waals surface area contributed by atoms with Gasteiger partial charge in [0.2, 0.25) is 0 Å². The first-order valence-electron chi connectivity index (χ1n) is 13.7. The highest BCUT2D eigenvalue weighted by molar-refractivity contribution is 6.31. The number of hydrogen-bond donors (Lipinski definition) is 3. The number of carbonyl (C=O) groups is 1. The third kappa shape index (κ3) is 7.53. The molecule has 0 spiro atoms. The summed E-state index contributed by atoms with van der Waals surface area (Å²) in [4.78, 5) is 14.4. The van der Waals surface area contributed by atoms with Gasteiger partial charge in [-0.15, -0.1) is 0 Å². The normalized spacial score (nSPS) is 12.9. The van der Waals surface area contributed by atoms with Crippen molar-refractivity contribution in [3.8, 4) is 0 Å². The van der Waals surface area contributed by atoms with Crippen molar-refractivity contribution in [2.75, 3.05) is 24.3 Å². The van der Waals surface area contributed by atoms with E-state index in [0.717, 1.165) is 48.2 Å². The van der Waals surface area contributed by atoms with Gasteiger partial charge in [0.15, 0.2) is 0 Å². The van der Waals surface area contributed by atoms with Crippen LogP contribution in [0, 0.1) is 6.92 Å². The van der Waals surface area contributed by atoms with Crippen molar-refractivity contribution in [3.05, 3.63) is 93.0 Å². The summed E-state index contributed by atoms with van der Waals surface area (Å²) in [6, 6.07) is 18.3. The average Bonchev–Trinajstić information content (AvgIpc) is 2.90. The minimum Gasteiger partial charge on any atom is -0.481 e. The molecule has 2 unspecified atom stereocenters. The van der Waals surface area contributed by atoms with Crippen molar-refractivity contribution in [2.24, 2.45) is 5.84 Å². The minimum atomic E-state index is -0.872. The molecule has 3 aromatic carbocycles. The molecule has 0 bridgehead atoms. The molecule has 2 atom stereocenters. The molecule has 0 aromatic heterocycles. The van der Waals surface area contributed by atoms with Crippen LogP contribution in [0.15, 0.2) is 54.6 Å². The lowest BCUT2D eigenvalue weighted by atomic mass is 9.84. The molecular formula is C32H43ClN4O2. The number of rotatable bonds is 13. The second-order valence-electron chi connectivity index (χ2n) is 10.5. The van der Waals surface area contributed by atoms with E-state index in [1.165, 1.54) is 16.1 Å². The summed E-state index contributed by atoms with van der Waals surface area (Å²) in [6.07, 6.45) is 2.06. The van der Waals surface area contributed by atoms with Gasteiger partial charge in [0.1, 0.15) is 0 Å². The molecule has 0 radical (unpaired) electrons. The van der Waals surface area contributed by atoms with E-state index in [0.29, 0.717) is 28.9 Å². The highest BCUT2D eigenvalue weighted by Gasteiger charge is 2.23. The molecule has 5 N–H and O–H groups in total. The zero-order valence-corrected chi connectivity index (χ0v) is 24.6. The number of aliphatic carboxylic acids is 1. The maximum absolute atomic E-state index is 12.0. The summed E-state index contributed by atoms with van der Waals surface area (Å²) in [7, 11) is 1.73. The number of nitrogen functional groups attached to an aromatic ring is 1. The van der Waals surface area contributed by atoms with Crippen molar-refractivity contribution < 1.29 is 9.90 Å². The Kier molecular flexibility index (Phi) is 10.8. The van der Waals surface area contributed by atoms with Gasteiger partial charge in [-0.1, -0.05) is 74.8 Å². The smallest absolute Gasteiger partial charge is 0.304 e. The van der Waals surface area contributed by atoms with Crippen LogP contribution in [0.25, 0.3) is 0 Å². The summed E-state index contributed by atoms with van der Waals surface area (Å²) in [5.41, 5.74) is 14.0. The molecule has 39 heavy (non-hydrogen) atoms. The predicted octanol–water partition coefficient (Wildman–Crippen LogP) is 7.07. The fourth-order valence-corrected chi connectivity index (χ4v) is 5.50. The Labute approximate surface area is 238 Å². The van der Waals surface area contributed by atoms with Crippen LogP contribution in [0.4, 0.5) is 11.4 Å². The van der Waals surface area contributed by atoms with Gasteiger partial charge in [-0.05, 0) is 77.7 Å². The first-order chi connectivity index (χ1) is 18.6. The second-order valence-corrected chi connectivity index (χ2v) is 11.0. The third-order valence-corrected chi connectivity index (χ3v) is 8.03. The van der Waals surface area contributed by atoms with Gasteiger partial charge < -0.3 is 15.8 Å². The molecule has 7 heteroatoms. The lowest BCUT2D eigenvalue weighted by molar-refractivity contribution is -0.137. The third-order valence-electron chi connectivity index (χ3n) is 7.67. The molecule has 0 aliphatic rings. The van der Waals surface area contributed by atoms with Gasteiger partial charge in [-0.25, -0.2) is 5.84 Å². The van der Waals surface area contributed by atoms with Crippen LogP contribution >= 0.6 is 11.6 Å². The van der Waals surface area contributed by atoms with Crippen LogP contribution in [0.1, 0.15) is 85.3 Å². The molecule has 210 valence electrons. The Hall–Kier alpha value is -3.06. The van der Waals surface area contributed by atoms with Crippen LogP contribution in [0.5, 0.6) is 0 Å². The molecule has 0 fully saturated rings. The Morgan fingerprint density at radius 1 is 1.03 bits per heavy atom. The van der Waals surface area contributed by atoms with Gasteiger partial charge in [0.05, 0.1) is 17.8 Å². The fourth-order valence-electron chi connectivity index (χ4n) is 5.32. The van der Waals surface area contributed by atoms with Crippen LogP contribution < -0.4 is 16.6 Å². The Morgan fingerprint density at radius 3 is 2.36 bits per heavy atom. The highest BCUT2D eigenvalue weighted by Crippen LogP contribution is 2.37. The number of hydrazine groups is 1. The number of nitrogens with two attached hydrogens (primary N) is 2. The Balaban J connectivity index is 1.99. The van der Waals surface area contributed by atoms with E-state index in [-0.39, 0.29) is 12.3 Å². The highest BCUT2D eigenvalue weighted by atomic mass is 35.5. The summed E-state index contributed by atoms with van der Waals surface area (Å²) in [6.45, 7) is 11.0. The second kappa shape index (κ2) is 13.8. The molecule has 0 aliphatic heterocycles. The molecule has 0 amide bonds. The molecule has 3 aromatic rings. The first-order valence-corrected chi connectivity index (χ1v) is 14.1. The van der Waals surface area contributed by atoms with Crippen LogP contribution in [0.2, 0.25) is 5.02 Å². The summed E-state index contributed by atoms with van der Waals surface area (Å²) in [5.74, 6) is 5.19. The average molecular weight is 551 g/mol. The van der Waals surface area contributed by atoms with Crippen molar-refractivity contribution in [1.29, 1.82) is 0 Å². The number of hydrogen-bond acceptors (Lipinski definition) is 5. The van der Waals surface area contributed by atoms with E-state index in [4.69, 9.17) is 23.2 Å². The van der Waals surface area contributed by atoms with Crippen LogP contribution in [-0.2, 0) is 17.9 Å². The molecule has 0 saturated carbocycles. The van der Waals surface area contributed by atoms with Crippen LogP contribution in [-0.4, -0.2) is 29.6 Å². The number of benzene rings is 3. The van der Waals surface area contributed by atoms with E-state index in [2.05, 4.69) is 56.0 Å². The van der Waals surface area contributed by atoms with Gasteiger partial charge >= 0.3 is 5.97 Å². The monoisotopic (exact) mass is 550 g/mol. The lowest BCUT2D eigenvalue weighted by Crippen LogP contribution is -2.26. The maximum Gasteiger partial charge on any atom is 0.304 e. The van der Waals surface area contributed by atoms with E-state index >= 15 is 0 Å². The summed E-state index contributed by atoms with van der Waals surface area (Å²) < 4.78 is 0. The molecule has 3 rings (SSSR count). The van der Waals surface area contributed by atoms with Crippen LogP contribution in [0.3, 0.4) is 0 Å². The topological polar surface area (TPSA) is 95.8 Å². The van der Waals surface area contributed by atoms with Gasteiger partial charge in [0, 0.05) is 31.1 Å². The van der Waals surface area contributed by atoms with Gasteiger partial charge in [-0.2, -0.15) is 0 Å². The quantitative estimate of drug-likeness (QED) is 0.120. The predicted molar refractivity (Wildman–Crippen MR) is 163 cm³/mol. The number of anilines is 2. The minimum absolute atomic E-state index is 0.0554. The molecule has 6 nitrogen and oxygen atoms in total. The van der Waals surface area contributed by atoms with Crippen molar-refractivity contribution in [2.45, 2.75) is 71.9 Å². The van der Waals surface area contributed by atoms with Crippen molar-refractivity contribution >= 4 is 28.9 Å². The van der Waals surface area contributed by atoms with Crippen molar-refractivity contribution in [1.82, 2.24) is 4.90 Å². The van der Waals surface area contributed by atoms with E-state index in [1.54, 1.807) is 7.05 Å². The molecule has 0 aliphatic carbocycles. The molecule has 0 heterocycles. The maximum atomic E-state index is 12.0. The summed E-state index contributed by atoms with van der Waals surface area (Å²) in [5, 5.41) is 12.0. The number of nitrogens with zero attached hydrogens (tertiary/aromatic N) is 2. The van der Waals surface area contributed by atoms with E-state index < -0.39 is 5.97 Å². The van der Waals surface area contributed by atoms with E-state index in [1.807, 2.05) is 31.2 Å². The largest absolute Gasteiger partial charge is 0.481 e. The fraction of sp³-hybridized carbons (Fsp3) is 0.406. The number of halogens is 1.